The minimum Gasteiger partial charge on any atom is -0.490 e. The van der Waals surface area contributed by atoms with Crippen LogP contribution >= 0.6 is 23.2 Å². The molecule has 0 bridgehead atoms. The van der Waals surface area contributed by atoms with Gasteiger partial charge in [-0.3, -0.25) is 0 Å². The molecule has 1 aliphatic rings. The average molecular weight is 448 g/mol. The zero-order chi connectivity index (χ0) is 20.3. The van der Waals surface area contributed by atoms with Crippen molar-refractivity contribution in [2.75, 3.05) is 13.2 Å². The Morgan fingerprint density at radius 2 is 1.79 bits per heavy atom. The number of carbonyl (C=O) groups is 1. The molecule has 1 N–H and O–H groups in total. The maximum Gasteiger partial charge on any atom is 0.339 e. The number of hydrogen-bond donors (Lipinski definition) is 1. The maximum atomic E-state index is 12.8. The minimum atomic E-state index is -3.87. The van der Waals surface area contributed by atoms with Crippen molar-refractivity contribution in [2.45, 2.75) is 23.8 Å². The van der Waals surface area contributed by atoms with E-state index in [9.17, 15) is 17.6 Å². The number of esters is 1. The van der Waals surface area contributed by atoms with Crippen LogP contribution in [-0.2, 0) is 14.8 Å². The molecule has 0 atom stereocenters. The summed E-state index contributed by atoms with van der Waals surface area (Å²) >= 11 is 12.0. The molecule has 0 saturated heterocycles. The minimum absolute atomic E-state index is 0.0248. The normalized spacial score (nSPS) is 14.0. The SMILES string of the molecule is O=C(OCCOc1ccc(F)cc1)c1cc(S(=O)(=O)NC2CC2)c(Cl)cc1Cl. The van der Waals surface area contributed by atoms with Crippen molar-refractivity contribution in [1.29, 1.82) is 0 Å². The summed E-state index contributed by atoms with van der Waals surface area (Å²) < 4.78 is 50.5. The summed E-state index contributed by atoms with van der Waals surface area (Å²) in [7, 11) is -3.87. The largest absolute Gasteiger partial charge is 0.490 e. The van der Waals surface area contributed by atoms with Crippen molar-refractivity contribution < 1.29 is 27.1 Å². The van der Waals surface area contributed by atoms with Gasteiger partial charge in [-0.1, -0.05) is 23.2 Å². The molecule has 1 aliphatic carbocycles. The molecule has 150 valence electrons. The van der Waals surface area contributed by atoms with E-state index in [2.05, 4.69) is 4.72 Å². The zero-order valence-corrected chi connectivity index (χ0v) is 16.8. The topological polar surface area (TPSA) is 81.7 Å². The van der Waals surface area contributed by atoms with E-state index in [1.807, 2.05) is 0 Å². The Morgan fingerprint density at radius 1 is 1.11 bits per heavy atom. The summed E-state index contributed by atoms with van der Waals surface area (Å²) in [5.41, 5.74) is -0.121. The van der Waals surface area contributed by atoms with Crippen molar-refractivity contribution in [1.82, 2.24) is 4.72 Å². The highest BCUT2D eigenvalue weighted by molar-refractivity contribution is 7.89. The zero-order valence-electron chi connectivity index (χ0n) is 14.5. The van der Waals surface area contributed by atoms with Gasteiger partial charge in [0.05, 0.1) is 15.6 Å². The molecule has 6 nitrogen and oxygen atoms in total. The van der Waals surface area contributed by atoms with Crippen LogP contribution in [0, 0.1) is 5.82 Å². The van der Waals surface area contributed by atoms with Gasteiger partial charge in [-0.2, -0.15) is 0 Å². The van der Waals surface area contributed by atoms with Gasteiger partial charge in [0.2, 0.25) is 10.0 Å². The number of halogens is 3. The molecule has 1 fully saturated rings. The lowest BCUT2D eigenvalue weighted by Gasteiger charge is -2.12. The molecular formula is C18H16Cl2FNO5S. The van der Waals surface area contributed by atoms with E-state index in [0.717, 1.165) is 18.9 Å². The van der Waals surface area contributed by atoms with Gasteiger partial charge >= 0.3 is 5.97 Å². The molecule has 0 spiro atoms. The summed E-state index contributed by atoms with van der Waals surface area (Å²) in [6, 6.07) is 7.54. The molecule has 2 aromatic carbocycles. The predicted octanol–water partition coefficient (Wildman–Crippen LogP) is 3.81. The first kappa shape index (κ1) is 20.9. The van der Waals surface area contributed by atoms with Crippen molar-refractivity contribution >= 4 is 39.2 Å². The third-order valence-electron chi connectivity index (χ3n) is 3.83. The highest BCUT2D eigenvalue weighted by Crippen LogP contribution is 2.31. The standard InChI is InChI=1S/C18H16Cl2FNO5S/c19-15-10-16(20)17(28(24,25)22-12-3-4-12)9-14(15)18(23)27-8-7-26-13-5-1-11(21)2-6-13/h1-2,5-6,9-10,12,22H,3-4,7-8H2. The number of nitrogens with one attached hydrogen (secondary N) is 1. The fraction of sp³-hybridized carbons (Fsp3) is 0.278. The van der Waals surface area contributed by atoms with E-state index in [1.54, 1.807) is 0 Å². The fourth-order valence-corrected chi connectivity index (χ4v) is 4.43. The Kier molecular flexibility index (Phi) is 6.44. The van der Waals surface area contributed by atoms with Gasteiger partial charge in [0, 0.05) is 6.04 Å². The maximum absolute atomic E-state index is 12.8. The van der Waals surface area contributed by atoms with E-state index < -0.39 is 21.8 Å². The molecule has 10 heteroatoms. The molecule has 2 aromatic rings. The molecule has 0 radical (unpaired) electrons. The third-order valence-corrected chi connectivity index (χ3v) is 6.13. The van der Waals surface area contributed by atoms with Gasteiger partial charge < -0.3 is 9.47 Å². The molecular weight excluding hydrogens is 432 g/mol. The Morgan fingerprint density at radius 3 is 2.43 bits per heavy atom. The van der Waals surface area contributed by atoms with Crippen LogP contribution in [0.25, 0.3) is 0 Å². The van der Waals surface area contributed by atoms with Crippen LogP contribution in [0.5, 0.6) is 5.75 Å². The van der Waals surface area contributed by atoms with E-state index >= 15 is 0 Å². The monoisotopic (exact) mass is 447 g/mol. The molecule has 0 aromatic heterocycles. The summed E-state index contributed by atoms with van der Waals surface area (Å²) in [5.74, 6) is -0.785. The van der Waals surface area contributed by atoms with Crippen LogP contribution in [0.4, 0.5) is 4.39 Å². The van der Waals surface area contributed by atoms with E-state index in [1.165, 1.54) is 30.3 Å². The molecule has 1 saturated carbocycles. The second-order valence-electron chi connectivity index (χ2n) is 6.10. The number of rotatable bonds is 8. The summed E-state index contributed by atoms with van der Waals surface area (Å²) in [6.45, 7) is -0.0887. The number of benzene rings is 2. The quantitative estimate of drug-likeness (QED) is 0.491. The number of ether oxygens (including phenoxy) is 2. The average Bonchev–Trinajstić information content (AvgIpc) is 3.43. The Balaban J connectivity index is 1.64. The lowest BCUT2D eigenvalue weighted by Crippen LogP contribution is -2.26. The van der Waals surface area contributed by atoms with E-state index in [4.69, 9.17) is 32.7 Å². The van der Waals surface area contributed by atoms with Gasteiger partial charge in [-0.15, -0.1) is 0 Å². The van der Waals surface area contributed by atoms with Crippen LogP contribution in [0.3, 0.4) is 0 Å². The van der Waals surface area contributed by atoms with Crippen molar-refractivity contribution in [3.8, 4) is 5.75 Å². The van der Waals surface area contributed by atoms with Gasteiger partial charge in [-0.25, -0.2) is 22.3 Å². The highest BCUT2D eigenvalue weighted by Gasteiger charge is 2.30. The Hall–Kier alpha value is -1.87. The van der Waals surface area contributed by atoms with Crippen LogP contribution in [-0.4, -0.2) is 33.6 Å². The number of sulfonamides is 1. The first-order chi connectivity index (χ1) is 13.3. The van der Waals surface area contributed by atoms with E-state index in [-0.39, 0.29) is 39.8 Å². The molecule has 0 amide bonds. The second kappa shape index (κ2) is 8.65. The molecule has 0 heterocycles. The lowest BCUT2D eigenvalue weighted by molar-refractivity contribution is 0.0450. The Bertz CT molecular complexity index is 978. The first-order valence-corrected chi connectivity index (χ1v) is 10.6. The molecule has 3 rings (SSSR count). The smallest absolute Gasteiger partial charge is 0.339 e. The number of carbonyl (C=O) groups excluding carboxylic acids is 1. The van der Waals surface area contributed by atoms with Crippen LogP contribution < -0.4 is 9.46 Å². The van der Waals surface area contributed by atoms with Crippen LogP contribution in [0.15, 0.2) is 41.3 Å². The predicted molar refractivity (Wildman–Crippen MR) is 102 cm³/mol. The van der Waals surface area contributed by atoms with Crippen LogP contribution in [0.2, 0.25) is 10.0 Å². The van der Waals surface area contributed by atoms with Crippen molar-refractivity contribution in [2.24, 2.45) is 0 Å². The highest BCUT2D eigenvalue weighted by atomic mass is 35.5. The van der Waals surface area contributed by atoms with Gasteiger partial charge in [0.1, 0.15) is 29.7 Å². The molecule has 0 unspecified atom stereocenters. The molecule has 28 heavy (non-hydrogen) atoms. The fourth-order valence-electron chi connectivity index (χ4n) is 2.28. The number of hydrogen-bond acceptors (Lipinski definition) is 5. The molecule has 0 aliphatic heterocycles. The first-order valence-electron chi connectivity index (χ1n) is 8.33. The third kappa shape index (κ3) is 5.35. The van der Waals surface area contributed by atoms with Crippen LogP contribution in [0.1, 0.15) is 23.2 Å². The van der Waals surface area contributed by atoms with Crippen molar-refractivity contribution in [3.63, 3.8) is 0 Å². The Labute approximate surface area is 171 Å². The van der Waals surface area contributed by atoms with Gasteiger partial charge in [0.15, 0.2) is 0 Å². The van der Waals surface area contributed by atoms with Gasteiger partial charge in [-0.05, 0) is 49.2 Å². The van der Waals surface area contributed by atoms with E-state index in [0.29, 0.717) is 5.75 Å². The second-order valence-corrected chi connectivity index (χ2v) is 8.59. The van der Waals surface area contributed by atoms with Crippen molar-refractivity contribution in [3.05, 3.63) is 57.8 Å². The summed E-state index contributed by atoms with van der Waals surface area (Å²) in [6.07, 6.45) is 1.51. The van der Waals surface area contributed by atoms with Gasteiger partial charge in [0.25, 0.3) is 0 Å². The lowest BCUT2D eigenvalue weighted by atomic mass is 10.2. The summed E-state index contributed by atoms with van der Waals surface area (Å²) in [4.78, 5) is 12.0. The summed E-state index contributed by atoms with van der Waals surface area (Å²) in [5, 5.41) is -0.117.